The third kappa shape index (κ3) is 1.31. The molecule has 12 heavy (non-hydrogen) atoms. The first kappa shape index (κ1) is 7.99. The first-order chi connectivity index (χ1) is 5.59. The summed E-state index contributed by atoms with van der Waals surface area (Å²) in [6.45, 7) is 0. The molecule has 0 saturated heterocycles. The molecule has 2 rings (SSSR count). The highest BCUT2D eigenvalue weighted by Crippen LogP contribution is 2.54. The van der Waals surface area contributed by atoms with Crippen molar-refractivity contribution in [2.24, 2.45) is 0 Å². The van der Waals surface area contributed by atoms with E-state index < -0.39 is 5.92 Å². The molecule has 0 N–H and O–H groups in total. The maximum atomic E-state index is 12.5. The van der Waals surface area contributed by atoms with Crippen LogP contribution >= 0.6 is 11.6 Å². The van der Waals surface area contributed by atoms with Crippen molar-refractivity contribution in [1.29, 1.82) is 0 Å². The Morgan fingerprint density at radius 3 is 2.08 bits per heavy atom. The normalized spacial score (nSPS) is 20.9. The van der Waals surface area contributed by atoms with Gasteiger partial charge in [-0.1, -0.05) is 23.7 Å². The van der Waals surface area contributed by atoms with Crippen molar-refractivity contribution in [2.75, 3.05) is 0 Å². The number of hydrogen-bond donors (Lipinski definition) is 0. The van der Waals surface area contributed by atoms with Gasteiger partial charge >= 0.3 is 0 Å². The second-order valence-corrected chi connectivity index (χ2v) is 3.30. The summed E-state index contributed by atoms with van der Waals surface area (Å²) in [5.74, 6) is -2.34. The van der Waals surface area contributed by atoms with E-state index in [0.29, 0.717) is 10.6 Å². The topological polar surface area (TPSA) is 0 Å². The minimum absolute atomic E-state index is 0.103. The second-order valence-electron chi connectivity index (χ2n) is 2.87. The molecule has 63 valence electrons. The molecule has 0 bridgehead atoms. The summed E-state index contributed by atoms with van der Waals surface area (Å²) < 4.78 is 25.0. The van der Waals surface area contributed by atoms with Gasteiger partial charge in [0.05, 0.1) is 5.92 Å². The molecule has 0 heterocycles. The summed E-state index contributed by atoms with van der Waals surface area (Å²) in [6.07, 6.45) is -0.103. The average Bonchev–Trinajstić information content (AvgIpc) is 2.61. The van der Waals surface area contributed by atoms with E-state index in [2.05, 4.69) is 0 Å². The second kappa shape index (κ2) is 2.43. The number of halogens is 3. The van der Waals surface area contributed by atoms with Gasteiger partial charge in [0.2, 0.25) is 0 Å². The minimum atomic E-state index is -2.56. The Morgan fingerprint density at radius 2 is 1.67 bits per heavy atom. The molecule has 1 aromatic rings. The van der Waals surface area contributed by atoms with Crippen molar-refractivity contribution in [3.8, 4) is 0 Å². The lowest BCUT2D eigenvalue weighted by molar-refractivity contribution is 0.129. The maximum absolute atomic E-state index is 12.5. The van der Waals surface area contributed by atoms with E-state index in [1.165, 1.54) is 0 Å². The van der Waals surface area contributed by atoms with E-state index in [-0.39, 0.29) is 12.3 Å². The first-order valence-corrected chi connectivity index (χ1v) is 3.97. The lowest BCUT2D eigenvalue weighted by Crippen LogP contribution is -1.92. The fraction of sp³-hybridized carbons (Fsp3) is 0.222. The highest BCUT2D eigenvalue weighted by molar-refractivity contribution is 6.30. The fourth-order valence-electron chi connectivity index (χ4n) is 1.14. The molecule has 1 aromatic carbocycles. The van der Waals surface area contributed by atoms with Crippen molar-refractivity contribution >= 4 is 11.6 Å². The molecule has 1 saturated carbocycles. The third-order valence-electron chi connectivity index (χ3n) is 1.91. The Balaban J connectivity index is 2.21. The van der Waals surface area contributed by atoms with Crippen molar-refractivity contribution in [2.45, 2.75) is 12.3 Å². The van der Waals surface area contributed by atoms with E-state index in [4.69, 9.17) is 11.6 Å². The van der Waals surface area contributed by atoms with E-state index in [1.807, 2.05) is 0 Å². The summed E-state index contributed by atoms with van der Waals surface area (Å²) in [7, 11) is 0. The van der Waals surface area contributed by atoms with E-state index in [0.717, 1.165) is 0 Å². The van der Waals surface area contributed by atoms with Crippen molar-refractivity contribution in [3.05, 3.63) is 40.8 Å². The monoisotopic (exact) mass is 187 g/mol. The van der Waals surface area contributed by atoms with Gasteiger partial charge in [-0.2, -0.15) is 0 Å². The Bertz CT molecular complexity index is 292. The largest absolute Gasteiger partial charge is 0.260 e. The maximum Gasteiger partial charge on any atom is 0.260 e. The van der Waals surface area contributed by atoms with Gasteiger partial charge < -0.3 is 0 Å². The highest BCUT2D eigenvalue weighted by atomic mass is 35.5. The van der Waals surface area contributed by atoms with Crippen molar-refractivity contribution in [1.82, 2.24) is 0 Å². The van der Waals surface area contributed by atoms with Crippen molar-refractivity contribution < 1.29 is 8.78 Å². The Hall–Kier alpha value is -0.630. The SMILES string of the molecule is FC1(F)C[C]1c1ccc(Cl)cc1. The van der Waals surface area contributed by atoms with Crippen LogP contribution in [0.3, 0.4) is 0 Å². The molecule has 3 heteroatoms. The Kier molecular flexibility index (Phi) is 1.62. The molecule has 1 radical (unpaired) electrons. The molecular formula is C9H6ClF2. The molecule has 0 nitrogen and oxygen atoms in total. The lowest BCUT2D eigenvalue weighted by atomic mass is 10.1. The Labute approximate surface area is 74.2 Å². The Morgan fingerprint density at radius 1 is 1.17 bits per heavy atom. The number of benzene rings is 1. The predicted molar refractivity (Wildman–Crippen MR) is 43.4 cm³/mol. The summed E-state index contributed by atoms with van der Waals surface area (Å²) in [5.41, 5.74) is 0.601. The summed E-state index contributed by atoms with van der Waals surface area (Å²) >= 11 is 5.61. The minimum Gasteiger partial charge on any atom is -0.206 e. The molecule has 0 amide bonds. The van der Waals surface area contributed by atoms with Crippen LogP contribution in [0.1, 0.15) is 12.0 Å². The summed E-state index contributed by atoms with van der Waals surface area (Å²) in [6, 6.07) is 6.49. The van der Waals surface area contributed by atoms with Crippen LogP contribution in [0.15, 0.2) is 24.3 Å². The molecule has 0 unspecified atom stereocenters. The number of alkyl halides is 2. The van der Waals surface area contributed by atoms with Crippen LogP contribution in [0.4, 0.5) is 8.78 Å². The molecule has 0 aliphatic heterocycles. The zero-order valence-electron chi connectivity index (χ0n) is 6.15. The van der Waals surface area contributed by atoms with Crippen LogP contribution in [0.5, 0.6) is 0 Å². The van der Waals surface area contributed by atoms with Gasteiger partial charge in [-0.15, -0.1) is 0 Å². The van der Waals surface area contributed by atoms with Gasteiger partial charge in [0.15, 0.2) is 0 Å². The van der Waals surface area contributed by atoms with Crippen LogP contribution < -0.4 is 0 Å². The molecule has 1 aliphatic carbocycles. The fourth-order valence-corrected chi connectivity index (χ4v) is 1.27. The van der Waals surface area contributed by atoms with Crippen LogP contribution in [-0.2, 0) is 0 Å². The highest BCUT2D eigenvalue weighted by Gasteiger charge is 2.58. The van der Waals surface area contributed by atoms with Gasteiger partial charge in [0.25, 0.3) is 5.92 Å². The van der Waals surface area contributed by atoms with Gasteiger partial charge in [-0.3, -0.25) is 0 Å². The van der Waals surface area contributed by atoms with E-state index >= 15 is 0 Å². The van der Waals surface area contributed by atoms with Crippen LogP contribution in [-0.4, -0.2) is 5.92 Å². The predicted octanol–water partition coefficient (Wildman–Crippen LogP) is 3.30. The molecule has 0 atom stereocenters. The number of hydrogen-bond acceptors (Lipinski definition) is 0. The standard InChI is InChI=1S/C9H6ClF2/c10-7-3-1-6(2-4-7)8-5-9(8,11)12/h1-4H,5H2. The molecule has 0 aromatic heterocycles. The third-order valence-corrected chi connectivity index (χ3v) is 2.16. The summed E-state index contributed by atoms with van der Waals surface area (Å²) in [5, 5.41) is 0.573. The van der Waals surface area contributed by atoms with Crippen molar-refractivity contribution in [3.63, 3.8) is 0 Å². The molecule has 1 fully saturated rings. The first-order valence-electron chi connectivity index (χ1n) is 3.60. The average molecular weight is 188 g/mol. The van der Waals surface area contributed by atoms with Gasteiger partial charge in [-0.05, 0) is 17.7 Å². The molecular weight excluding hydrogens is 182 g/mol. The zero-order chi connectivity index (χ0) is 8.77. The smallest absolute Gasteiger partial charge is 0.206 e. The van der Waals surface area contributed by atoms with Gasteiger partial charge in [0.1, 0.15) is 0 Å². The zero-order valence-corrected chi connectivity index (χ0v) is 6.91. The van der Waals surface area contributed by atoms with E-state index in [9.17, 15) is 8.78 Å². The van der Waals surface area contributed by atoms with Gasteiger partial charge in [0, 0.05) is 11.4 Å². The van der Waals surface area contributed by atoms with E-state index in [1.54, 1.807) is 24.3 Å². The van der Waals surface area contributed by atoms with Crippen LogP contribution in [0, 0.1) is 5.92 Å². The van der Waals surface area contributed by atoms with Crippen LogP contribution in [0.2, 0.25) is 5.02 Å². The lowest BCUT2D eigenvalue weighted by Gasteiger charge is -1.97. The summed E-state index contributed by atoms with van der Waals surface area (Å²) in [4.78, 5) is 0. The van der Waals surface area contributed by atoms with Crippen LogP contribution in [0.25, 0.3) is 0 Å². The molecule has 0 spiro atoms. The van der Waals surface area contributed by atoms with Gasteiger partial charge in [-0.25, -0.2) is 8.78 Å². The number of rotatable bonds is 1. The molecule has 1 aliphatic rings. The quantitative estimate of drug-likeness (QED) is 0.633.